The number of methoxy groups -OCH3 is 1. The number of nitrogens with zero attached hydrogens (tertiary/aromatic N) is 1. The van der Waals surface area contributed by atoms with Crippen LogP contribution in [0.15, 0.2) is 42.5 Å². The van der Waals surface area contributed by atoms with Gasteiger partial charge in [0, 0.05) is 47.2 Å². The molecule has 154 valence electrons. The number of aromatic nitrogens is 1. The highest BCUT2D eigenvalue weighted by Gasteiger charge is 2.25. The molecule has 2 amide bonds. The van der Waals surface area contributed by atoms with E-state index < -0.39 is 11.9 Å². The Balaban J connectivity index is 1.49. The molecule has 8 heteroatoms. The third-order valence-corrected chi connectivity index (χ3v) is 5.23. The monoisotopic (exact) mass is 407 g/mol. The molecule has 0 saturated heterocycles. The highest BCUT2D eigenvalue weighted by atomic mass is 16.5. The van der Waals surface area contributed by atoms with Crippen molar-refractivity contribution < 1.29 is 23.9 Å². The van der Waals surface area contributed by atoms with Crippen LogP contribution in [0.4, 0.5) is 0 Å². The molecule has 1 aliphatic heterocycles. The Bertz CT molecular complexity index is 1150. The molecule has 2 heterocycles. The number of rotatable bonds is 5. The van der Waals surface area contributed by atoms with Gasteiger partial charge in [-0.25, -0.2) is 4.79 Å². The predicted octanol–water partition coefficient (Wildman–Crippen LogP) is 2.02. The van der Waals surface area contributed by atoms with Crippen molar-refractivity contribution in [2.45, 2.75) is 13.0 Å². The van der Waals surface area contributed by atoms with Crippen molar-refractivity contribution in [3.05, 3.63) is 64.8 Å². The van der Waals surface area contributed by atoms with Gasteiger partial charge in [-0.1, -0.05) is 6.07 Å². The molecule has 0 fully saturated rings. The van der Waals surface area contributed by atoms with Crippen molar-refractivity contribution in [3.8, 4) is 5.75 Å². The number of amides is 2. The molecule has 0 atom stereocenters. The number of nitrogens with two attached hydrogens (primary N) is 1. The van der Waals surface area contributed by atoms with Gasteiger partial charge in [-0.2, -0.15) is 0 Å². The lowest BCUT2D eigenvalue weighted by atomic mass is 10.0. The van der Waals surface area contributed by atoms with E-state index in [2.05, 4.69) is 4.98 Å². The molecule has 1 aromatic heterocycles. The second-order valence-electron chi connectivity index (χ2n) is 7.08. The van der Waals surface area contributed by atoms with Crippen molar-refractivity contribution in [3.63, 3.8) is 0 Å². The number of hydrogen-bond acceptors (Lipinski definition) is 5. The summed E-state index contributed by atoms with van der Waals surface area (Å²) in [7, 11) is 1.35. The Morgan fingerprint density at radius 1 is 1.13 bits per heavy atom. The SMILES string of the molecule is COC(=O)c1ccc2[nH]c3c(c2c1)CN(C(=O)COc1cccc(C(N)=O)c1)CC3. The van der Waals surface area contributed by atoms with Crippen LogP contribution < -0.4 is 10.5 Å². The Morgan fingerprint density at radius 3 is 2.73 bits per heavy atom. The normalized spacial score (nSPS) is 13.0. The van der Waals surface area contributed by atoms with Gasteiger partial charge in [-0.15, -0.1) is 0 Å². The highest BCUT2D eigenvalue weighted by Crippen LogP contribution is 2.29. The van der Waals surface area contributed by atoms with E-state index in [1.165, 1.54) is 13.2 Å². The standard InChI is InChI=1S/C22H21N3O5/c1-29-22(28)14-5-6-18-16(10-14)17-11-25(8-7-19(17)24-18)20(26)12-30-15-4-2-3-13(9-15)21(23)27/h2-6,9-10,24H,7-8,11-12H2,1H3,(H2,23,27). The summed E-state index contributed by atoms with van der Waals surface area (Å²) in [5.74, 6) is -0.709. The van der Waals surface area contributed by atoms with Crippen LogP contribution in [0.1, 0.15) is 32.0 Å². The maximum atomic E-state index is 12.7. The van der Waals surface area contributed by atoms with Gasteiger partial charge < -0.3 is 25.1 Å². The van der Waals surface area contributed by atoms with E-state index in [1.807, 2.05) is 6.07 Å². The van der Waals surface area contributed by atoms with E-state index in [1.54, 1.807) is 35.2 Å². The molecule has 3 aromatic rings. The zero-order valence-corrected chi connectivity index (χ0v) is 16.4. The van der Waals surface area contributed by atoms with Crippen LogP contribution in [-0.4, -0.2) is 47.9 Å². The number of carbonyl (C=O) groups excluding carboxylic acids is 3. The van der Waals surface area contributed by atoms with Crippen molar-refractivity contribution in [1.29, 1.82) is 0 Å². The van der Waals surface area contributed by atoms with E-state index >= 15 is 0 Å². The van der Waals surface area contributed by atoms with Gasteiger partial charge in [-0.3, -0.25) is 9.59 Å². The first-order valence-electron chi connectivity index (χ1n) is 9.48. The molecule has 3 N–H and O–H groups in total. The Hall–Kier alpha value is -3.81. The number of esters is 1. The summed E-state index contributed by atoms with van der Waals surface area (Å²) in [6, 6.07) is 11.8. The van der Waals surface area contributed by atoms with Gasteiger partial charge in [0.1, 0.15) is 5.75 Å². The first-order chi connectivity index (χ1) is 14.5. The lowest BCUT2D eigenvalue weighted by Crippen LogP contribution is -2.38. The molecule has 30 heavy (non-hydrogen) atoms. The minimum atomic E-state index is -0.555. The third kappa shape index (κ3) is 3.71. The summed E-state index contributed by atoms with van der Waals surface area (Å²) in [5, 5.41) is 0.903. The number of ether oxygens (including phenoxy) is 2. The number of aromatic amines is 1. The van der Waals surface area contributed by atoms with E-state index in [0.717, 1.165) is 22.2 Å². The summed E-state index contributed by atoms with van der Waals surface area (Å²) in [6.45, 7) is 0.837. The molecule has 0 saturated carbocycles. The van der Waals surface area contributed by atoms with Gasteiger partial charge in [-0.05, 0) is 36.4 Å². The number of nitrogens with one attached hydrogen (secondary N) is 1. The highest BCUT2D eigenvalue weighted by molar-refractivity contribution is 5.96. The zero-order valence-electron chi connectivity index (χ0n) is 16.4. The number of fused-ring (bicyclic) bond motifs is 3. The molecule has 0 bridgehead atoms. The molecule has 2 aromatic carbocycles. The van der Waals surface area contributed by atoms with E-state index in [0.29, 0.717) is 36.4 Å². The molecular formula is C22H21N3O5. The molecule has 4 rings (SSSR count). The first kappa shape index (κ1) is 19.5. The Kier molecular flexibility index (Phi) is 5.14. The number of H-pyrrole nitrogens is 1. The number of primary amides is 1. The van der Waals surface area contributed by atoms with Crippen LogP contribution in [0, 0.1) is 0 Å². The molecular weight excluding hydrogens is 386 g/mol. The molecule has 0 unspecified atom stereocenters. The zero-order chi connectivity index (χ0) is 21.3. The van der Waals surface area contributed by atoms with Gasteiger partial charge in [0.25, 0.3) is 5.91 Å². The van der Waals surface area contributed by atoms with Crippen molar-refractivity contribution in [2.24, 2.45) is 5.73 Å². The largest absolute Gasteiger partial charge is 0.484 e. The molecule has 0 aliphatic carbocycles. The summed E-state index contributed by atoms with van der Waals surface area (Å²) in [5.41, 5.74) is 9.03. The van der Waals surface area contributed by atoms with Gasteiger partial charge in [0.05, 0.1) is 12.7 Å². The summed E-state index contributed by atoms with van der Waals surface area (Å²) in [6.07, 6.45) is 0.681. The third-order valence-electron chi connectivity index (χ3n) is 5.23. The van der Waals surface area contributed by atoms with Crippen LogP contribution in [-0.2, 0) is 22.5 Å². The van der Waals surface area contributed by atoms with E-state index in [9.17, 15) is 14.4 Å². The average molecular weight is 407 g/mol. The second-order valence-corrected chi connectivity index (χ2v) is 7.08. The Morgan fingerprint density at radius 2 is 1.97 bits per heavy atom. The lowest BCUT2D eigenvalue weighted by Gasteiger charge is -2.27. The van der Waals surface area contributed by atoms with Gasteiger partial charge in [0.2, 0.25) is 5.91 Å². The second kappa shape index (κ2) is 7.90. The maximum absolute atomic E-state index is 12.7. The molecule has 0 radical (unpaired) electrons. The molecule has 1 aliphatic rings. The average Bonchev–Trinajstić information content (AvgIpc) is 3.14. The predicted molar refractivity (Wildman–Crippen MR) is 109 cm³/mol. The minimum Gasteiger partial charge on any atom is -0.484 e. The molecule has 8 nitrogen and oxygen atoms in total. The fourth-order valence-corrected chi connectivity index (χ4v) is 3.65. The van der Waals surface area contributed by atoms with Crippen LogP contribution in [0.3, 0.4) is 0 Å². The summed E-state index contributed by atoms with van der Waals surface area (Å²) < 4.78 is 10.4. The van der Waals surface area contributed by atoms with Crippen LogP contribution in [0.25, 0.3) is 10.9 Å². The fraction of sp³-hybridized carbons (Fsp3) is 0.227. The van der Waals surface area contributed by atoms with E-state index in [-0.39, 0.29) is 12.5 Å². The van der Waals surface area contributed by atoms with Gasteiger partial charge >= 0.3 is 5.97 Å². The van der Waals surface area contributed by atoms with Crippen molar-refractivity contribution >= 4 is 28.7 Å². The van der Waals surface area contributed by atoms with Crippen LogP contribution in [0.2, 0.25) is 0 Å². The summed E-state index contributed by atoms with van der Waals surface area (Å²) in [4.78, 5) is 40.9. The number of hydrogen-bond donors (Lipinski definition) is 2. The van der Waals surface area contributed by atoms with Crippen molar-refractivity contribution in [2.75, 3.05) is 20.3 Å². The summed E-state index contributed by atoms with van der Waals surface area (Å²) >= 11 is 0. The minimum absolute atomic E-state index is 0.146. The Labute approximate surface area is 172 Å². The van der Waals surface area contributed by atoms with Gasteiger partial charge in [0.15, 0.2) is 6.61 Å². The van der Waals surface area contributed by atoms with Crippen molar-refractivity contribution in [1.82, 2.24) is 9.88 Å². The smallest absolute Gasteiger partial charge is 0.337 e. The fourth-order valence-electron chi connectivity index (χ4n) is 3.65. The number of carbonyl (C=O) groups is 3. The topological polar surface area (TPSA) is 115 Å². The first-order valence-corrected chi connectivity index (χ1v) is 9.48. The lowest BCUT2D eigenvalue weighted by molar-refractivity contribution is -0.134. The van der Waals surface area contributed by atoms with Crippen LogP contribution >= 0.6 is 0 Å². The maximum Gasteiger partial charge on any atom is 0.337 e. The van der Waals surface area contributed by atoms with E-state index in [4.69, 9.17) is 15.2 Å². The van der Waals surface area contributed by atoms with Crippen LogP contribution in [0.5, 0.6) is 5.75 Å². The quantitative estimate of drug-likeness (QED) is 0.628. The molecule has 0 spiro atoms. The number of benzene rings is 2.